The lowest BCUT2D eigenvalue weighted by Crippen LogP contribution is -2.28. The second-order valence-electron chi connectivity index (χ2n) is 4.70. The number of alkyl halides is 3. The van der Waals surface area contributed by atoms with Gasteiger partial charge in [-0.25, -0.2) is 0 Å². The van der Waals surface area contributed by atoms with Crippen molar-refractivity contribution >= 4 is 17.3 Å². The van der Waals surface area contributed by atoms with Crippen LogP contribution in [0.2, 0.25) is 5.02 Å². The summed E-state index contributed by atoms with van der Waals surface area (Å²) in [7, 11) is 1.54. The third kappa shape index (κ3) is 3.54. The molecular formula is C13H15ClF3NO. The molecule has 0 spiro atoms. The van der Waals surface area contributed by atoms with E-state index in [2.05, 4.69) is 5.32 Å². The van der Waals surface area contributed by atoms with Crippen molar-refractivity contribution in [1.82, 2.24) is 0 Å². The molecule has 1 N–H and O–H groups in total. The fraction of sp³-hybridized carbons (Fsp3) is 0.538. The normalized spacial score (nSPS) is 17.3. The lowest BCUT2D eigenvalue weighted by atomic mass is 10.1. The summed E-state index contributed by atoms with van der Waals surface area (Å²) in [6, 6.07) is 3.66. The molecular weight excluding hydrogens is 279 g/mol. The zero-order chi connectivity index (χ0) is 14.0. The van der Waals surface area contributed by atoms with Gasteiger partial charge in [-0.3, -0.25) is 0 Å². The van der Waals surface area contributed by atoms with Gasteiger partial charge in [0.1, 0.15) is 0 Å². The van der Waals surface area contributed by atoms with E-state index in [0.717, 1.165) is 18.9 Å². The Balaban J connectivity index is 2.27. The van der Waals surface area contributed by atoms with Crippen molar-refractivity contribution in [2.24, 2.45) is 5.92 Å². The quantitative estimate of drug-likeness (QED) is 0.878. The molecule has 0 heterocycles. The molecule has 1 aromatic carbocycles. The van der Waals surface area contributed by atoms with Crippen molar-refractivity contribution in [3.63, 3.8) is 0 Å². The Labute approximate surface area is 114 Å². The van der Waals surface area contributed by atoms with Crippen LogP contribution in [0.3, 0.4) is 0 Å². The van der Waals surface area contributed by atoms with Crippen molar-refractivity contribution in [1.29, 1.82) is 0 Å². The van der Waals surface area contributed by atoms with E-state index in [1.807, 2.05) is 0 Å². The highest BCUT2D eigenvalue weighted by Gasteiger charge is 2.37. The Morgan fingerprint density at radius 3 is 2.63 bits per heavy atom. The van der Waals surface area contributed by atoms with Crippen LogP contribution in [0.25, 0.3) is 0 Å². The third-order valence-corrected chi connectivity index (χ3v) is 3.50. The number of halogens is 4. The highest BCUT2D eigenvalue weighted by atomic mass is 35.5. The average Bonchev–Trinajstić information content (AvgIpc) is 3.13. The third-order valence-electron chi connectivity index (χ3n) is 3.19. The van der Waals surface area contributed by atoms with Crippen LogP contribution in [0.1, 0.15) is 18.4 Å². The molecule has 1 aliphatic carbocycles. The number of anilines is 1. The molecule has 1 fully saturated rings. The average molecular weight is 294 g/mol. The molecule has 1 aliphatic rings. The largest absolute Gasteiger partial charge is 0.418 e. The van der Waals surface area contributed by atoms with Crippen LogP contribution in [-0.2, 0) is 10.9 Å². The molecule has 1 aromatic rings. The van der Waals surface area contributed by atoms with Crippen LogP contribution in [0.4, 0.5) is 18.9 Å². The van der Waals surface area contributed by atoms with E-state index >= 15 is 0 Å². The Morgan fingerprint density at radius 1 is 1.42 bits per heavy atom. The molecule has 2 rings (SSSR count). The van der Waals surface area contributed by atoms with Crippen molar-refractivity contribution in [2.45, 2.75) is 25.1 Å². The molecule has 0 aliphatic heterocycles. The summed E-state index contributed by atoms with van der Waals surface area (Å²) >= 11 is 5.90. The van der Waals surface area contributed by atoms with E-state index in [0.29, 0.717) is 12.5 Å². The summed E-state index contributed by atoms with van der Waals surface area (Å²) in [5.74, 6) is 0.359. The smallest absolute Gasteiger partial charge is 0.383 e. The highest BCUT2D eigenvalue weighted by Crippen LogP contribution is 2.41. The molecule has 1 unspecified atom stereocenters. The molecule has 0 radical (unpaired) electrons. The predicted octanol–water partition coefficient (Wildman–Crippen LogP) is 4.20. The predicted molar refractivity (Wildman–Crippen MR) is 68.5 cm³/mol. The number of methoxy groups -OCH3 is 1. The maximum atomic E-state index is 13.0. The molecule has 0 amide bonds. The molecule has 1 saturated carbocycles. The van der Waals surface area contributed by atoms with Gasteiger partial charge < -0.3 is 10.1 Å². The van der Waals surface area contributed by atoms with Gasteiger partial charge >= 0.3 is 6.18 Å². The van der Waals surface area contributed by atoms with E-state index < -0.39 is 11.7 Å². The molecule has 0 saturated heterocycles. The highest BCUT2D eigenvalue weighted by molar-refractivity contribution is 6.33. The number of para-hydroxylation sites is 1. The van der Waals surface area contributed by atoms with Crippen LogP contribution >= 0.6 is 11.6 Å². The van der Waals surface area contributed by atoms with Gasteiger partial charge in [0.15, 0.2) is 0 Å². The van der Waals surface area contributed by atoms with E-state index in [4.69, 9.17) is 16.3 Å². The SMILES string of the molecule is COCC(Nc1c(Cl)cccc1C(F)(F)F)C1CC1. The van der Waals surface area contributed by atoms with Crippen molar-refractivity contribution < 1.29 is 17.9 Å². The first kappa shape index (κ1) is 14.5. The van der Waals surface area contributed by atoms with Gasteiger partial charge in [0.2, 0.25) is 0 Å². The Hall–Kier alpha value is -0.940. The summed E-state index contributed by atoms with van der Waals surface area (Å²) in [6.07, 6.45) is -2.41. The van der Waals surface area contributed by atoms with Gasteiger partial charge in [0.25, 0.3) is 0 Å². The maximum absolute atomic E-state index is 13.0. The monoisotopic (exact) mass is 293 g/mol. The van der Waals surface area contributed by atoms with Crippen LogP contribution < -0.4 is 5.32 Å². The number of rotatable bonds is 5. The summed E-state index contributed by atoms with van der Waals surface area (Å²) in [5.41, 5.74) is -0.785. The van der Waals surface area contributed by atoms with Crippen molar-refractivity contribution in [3.05, 3.63) is 28.8 Å². The molecule has 106 valence electrons. The summed E-state index contributed by atoms with van der Waals surface area (Å²) in [4.78, 5) is 0. The van der Waals surface area contributed by atoms with Crippen LogP contribution in [-0.4, -0.2) is 19.8 Å². The Morgan fingerprint density at radius 2 is 2.11 bits per heavy atom. The van der Waals surface area contributed by atoms with Crippen LogP contribution in [0, 0.1) is 5.92 Å². The molecule has 0 bridgehead atoms. The van der Waals surface area contributed by atoms with Gasteiger partial charge in [0, 0.05) is 7.11 Å². The molecule has 2 nitrogen and oxygen atoms in total. The molecule has 0 aromatic heterocycles. The summed E-state index contributed by atoms with van der Waals surface area (Å²) < 4.78 is 43.9. The standard InChI is InChI=1S/C13H15ClF3NO/c1-19-7-11(8-5-6-8)18-12-9(13(15,16)17)3-2-4-10(12)14/h2-4,8,11,18H,5-7H2,1H3. The van der Waals surface area contributed by atoms with Gasteiger partial charge in [-0.05, 0) is 30.9 Å². The van der Waals surface area contributed by atoms with Gasteiger partial charge in [-0.2, -0.15) is 13.2 Å². The minimum absolute atomic E-state index is 0.0504. The van der Waals surface area contributed by atoms with E-state index in [1.54, 1.807) is 0 Å². The number of nitrogens with one attached hydrogen (secondary N) is 1. The van der Waals surface area contributed by atoms with Crippen LogP contribution in [0.5, 0.6) is 0 Å². The van der Waals surface area contributed by atoms with Gasteiger partial charge in [-0.15, -0.1) is 0 Å². The minimum atomic E-state index is -4.42. The fourth-order valence-electron chi connectivity index (χ4n) is 2.07. The number of hydrogen-bond acceptors (Lipinski definition) is 2. The minimum Gasteiger partial charge on any atom is -0.383 e. The summed E-state index contributed by atoms with van der Waals surface area (Å²) in [5, 5.41) is 2.99. The Kier molecular flexibility index (Phi) is 4.26. The zero-order valence-corrected chi connectivity index (χ0v) is 11.2. The number of hydrogen-bond donors (Lipinski definition) is 1. The molecule has 19 heavy (non-hydrogen) atoms. The fourth-order valence-corrected chi connectivity index (χ4v) is 2.30. The lowest BCUT2D eigenvalue weighted by molar-refractivity contribution is -0.137. The van der Waals surface area contributed by atoms with Crippen LogP contribution in [0.15, 0.2) is 18.2 Å². The Bertz CT molecular complexity index is 446. The second-order valence-corrected chi connectivity index (χ2v) is 5.11. The zero-order valence-electron chi connectivity index (χ0n) is 10.4. The van der Waals surface area contributed by atoms with E-state index in [9.17, 15) is 13.2 Å². The van der Waals surface area contributed by atoms with E-state index in [-0.39, 0.29) is 16.8 Å². The second kappa shape index (κ2) is 5.59. The van der Waals surface area contributed by atoms with Crippen molar-refractivity contribution in [2.75, 3.05) is 19.0 Å². The topological polar surface area (TPSA) is 21.3 Å². The first-order valence-electron chi connectivity index (χ1n) is 6.04. The number of ether oxygens (including phenoxy) is 1. The number of benzene rings is 1. The molecule has 1 atom stereocenters. The van der Waals surface area contributed by atoms with Gasteiger partial charge in [0.05, 0.1) is 28.9 Å². The first-order chi connectivity index (χ1) is 8.93. The maximum Gasteiger partial charge on any atom is 0.418 e. The summed E-state index contributed by atoms with van der Waals surface area (Å²) in [6.45, 7) is 0.368. The van der Waals surface area contributed by atoms with E-state index in [1.165, 1.54) is 19.2 Å². The van der Waals surface area contributed by atoms with Gasteiger partial charge in [-0.1, -0.05) is 17.7 Å². The van der Waals surface area contributed by atoms with Crippen molar-refractivity contribution in [3.8, 4) is 0 Å². The first-order valence-corrected chi connectivity index (χ1v) is 6.42. The lowest BCUT2D eigenvalue weighted by Gasteiger charge is -2.22. The molecule has 6 heteroatoms.